The molecule has 1 aliphatic carbocycles. The van der Waals surface area contributed by atoms with Crippen molar-refractivity contribution in [1.82, 2.24) is 5.32 Å². The second-order valence-electron chi connectivity index (χ2n) is 4.74. The summed E-state index contributed by atoms with van der Waals surface area (Å²) in [6, 6.07) is 2.10. The summed E-state index contributed by atoms with van der Waals surface area (Å²) < 4.78 is 0. The summed E-state index contributed by atoms with van der Waals surface area (Å²) in [4.78, 5) is 22.7. The number of rotatable bonds is 4. The Morgan fingerprint density at radius 1 is 1.33 bits per heavy atom. The lowest BCUT2D eigenvalue weighted by Crippen LogP contribution is -2.46. The first-order valence-corrected chi connectivity index (χ1v) is 6.19. The predicted octanol–water partition coefficient (Wildman–Crippen LogP) is -0.187. The zero-order valence-corrected chi connectivity index (χ0v) is 10.3. The van der Waals surface area contributed by atoms with E-state index in [1.54, 1.807) is 0 Å². The zero-order valence-electron chi connectivity index (χ0n) is 10.3. The van der Waals surface area contributed by atoms with Crippen molar-refractivity contribution in [3.63, 3.8) is 0 Å². The van der Waals surface area contributed by atoms with Crippen molar-refractivity contribution in [2.24, 2.45) is 11.1 Å². The number of aliphatic hydroxyl groups is 1. The van der Waals surface area contributed by atoms with E-state index in [2.05, 4.69) is 11.4 Å². The van der Waals surface area contributed by atoms with E-state index in [1.807, 2.05) is 0 Å². The van der Waals surface area contributed by atoms with Crippen LogP contribution in [0.1, 0.15) is 38.5 Å². The fraction of sp³-hybridized carbons (Fsp3) is 0.750. The number of carbonyl (C=O) groups is 2. The lowest BCUT2D eigenvalue weighted by Gasteiger charge is -2.24. The summed E-state index contributed by atoms with van der Waals surface area (Å²) >= 11 is 0. The molecule has 2 amide bonds. The molecule has 0 aliphatic heterocycles. The van der Waals surface area contributed by atoms with E-state index < -0.39 is 23.3 Å². The van der Waals surface area contributed by atoms with Crippen molar-refractivity contribution in [3.05, 3.63) is 0 Å². The van der Waals surface area contributed by atoms with E-state index in [-0.39, 0.29) is 6.54 Å². The molecule has 0 saturated heterocycles. The van der Waals surface area contributed by atoms with Crippen molar-refractivity contribution in [2.75, 3.05) is 6.54 Å². The Hall–Kier alpha value is -1.61. The second kappa shape index (κ2) is 6.36. The van der Waals surface area contributed by atoms with E-state index in [4.69, 9.17) is 5.73 Å². The molecule has 0 bridgehead atoms. The van der Waals surface area contributed by atoms with Crippen LogP contribution in [0.15, 0.2) is 0 Å². The summed E-state index contributed by atoms with van der Waals surface area (Å²) in [5, 5.41) is 20.9. The van der Waals surface area contributed by atoms with Gasteiger partial charge in [-0.15, -0.1) is 0 Å². The molecule has 1 unspecified atom stereocenters. The number of hydrogen-bond donors (Lipinski definition) is 3. The van der Waals surface area contributed by atoms with Crippen molar-refractivity contribution in [3.8, 4) is 6.07 Å². The highest BCUT2D eigenvalue weighted by Gasteiger charge is 2.38. The number of nitriles is 1. The maximum absolute atomic E-state index is 12.0. The molecule has 0 aromatic rings. The molecule has 1 aliphatic rings. The van der Waals surface area contributed by atoms with Crippen LogP contribution in [0.4, 0.5) is 0 Å². The summed E-state index contributed by atoms with van der Waals surface area (Å²) in [5.74, 6) is -1.30. The van der Waals surface area contributed by atoms with Crippen molar-refractivity contribution >= 4 is 11.8 Å². The topological polar surface area (TPSA) is 116 Å². The van der Waals surface area contributed by atoms with Gasteiger partial charge >= 0.3 is 0 Å². The fourth-order valence-electron chi connectivity index (χ4n) is 2.18. The van der Waals surface area contributed by atoms with Crippen LogP contribution in [0.25, 0.3) is 0 Å². The normalized spacial score (nSPS) is 20.2. The van der Waals surface area contributed by atoms with Crippen LogP contribution in [0.5, 0.6) is 0 Å². The third-order valence-electron chi connectivity index (χ3n) is 3.39. The van der Waals surface area contributed by atoms with Gasteiger partial charge in [0.2, 0.25) is 11.8 Å². The molecule has 6 nitrogen and oxygen atoms in total. The quantitative estimate of drug-likeness (QED) is 0.602. The maximum atomic E-state index is 12.0. The van der Waals surface area contributed by atoms with Gasteiger partial charge in [0, 0.05) is 0 Å². The molecule has 100 valence electrons. The Morgan fingerprint density at radius 3 is 2.33 bits per heavy atom. The molecule has 18 heavy (non-hydrogen) atoms. The molecule has 0 spiro atoms. The molecule has 6 heteroatoms. The Kier molecular flexibility index (Phi) is 5.10. The van der Waals surface area contributed by atoms with E-state index in [9.17, 15) is 20.0 Å². The number of primary amides is 1. The van der Waals surface area contributed by atoms with Crippen LogP contribution >= 0.6 is 0 Å². The Balaban J connectivity index is 2.61. The van der Waals surface area contributed by atoms with Crippen LogP contribution in [-0.2, 0) is 9.59 Å². The molecule has 0 aromatic carbocycles. The minimum absolute atomic E-state index is 0.238. The SMILES string of the molecule is N#CC1(C(=O)NCC(O)C(N)=O)CCCCCC1. The van der Waals surface area contributed by atoms with Crippen molar-refractivity contribution < 1.29 is 14.7 Å². The average molecular weight is 253 g/mol. The fourth-order valence-corrected chi connectivity index (χ4v) is 2.18. The average Bonchev–Trinajstić information content (AvgIpc) is 2.61. The molecule has 1 saturated carbocycles. The first-order valence-electron chi connectivity index (χ1n) is 6.19. The van der Waals surface area contributed by atoms with Crippen LogP contribution in [0.3, 0.4) is 0 Å². The maximum Gasteiger partial charge on any atom is 0.248 e. The number of amides is 2. The highest BCUT2D eigenvalue weighted by molar-refractivity contribution is 5.86. The number of aliphatic hydroxyl groups excluding tert-OH is 1. The number of nitrogens with two attached hydrogens (primary N) is 1. The largest absolute Gasteiger partial charge is 0.381 e. The number of nitrogens with one attached hydrogen (secondary N) is 1. The molecule has 0 radical (unpaired) electrons. The summed E-state index contributed by atoms with van der Waals surface area (Å²) in [7, 11) is 0. The monoisotopic (exact) mass is 253 g/mol. The van der Waals surface area contributed by atoms with Gasteiger partial charge in [-0.25, -0.2) is 0 Å². The second-order valence-corrected chi connectivity index (χ2v) is 4.74. The minimum atomic E-state index is -1.41. The number of carbonyl (C=O) groups excluding carboxylic acids is 2. The van der Waals surface area contributed by atoms with Crippen LogP contribution in [0, 0.1) is 16.7 Å². The van der Waals surface area contributed by atoms with E-state index >= 15 is 0 Å². The third kappa shape index (κ3) is 3.44. The lowest BCUT2D eigenvalue weighted by atomic mass is 9.81. The van der Waals surface area contributed by atoms with Gasteiger partial charge in [0.05, 0.1) is 12.6 Å². The summed E-state index contributed by atoms with van der Waals surface area (Å²) in [5.41, 5.74) is 3.87. The highest BCUT2D eigenvalue weighted by atomic mass is 16.3. The van der Waals surface area contributed by atoms with E-state index in [1.165, 1.54) is 0 Å². The molecule has 1 atom stereocenters. The van der Waals surface area contributed by atoms with Gasteiger partial charge < -0.3 is 16.2 Å². The first kappa shape index (κ1) is 14.5. The zero-order chi connectivity index (χ0) is 13.6. The van der Waals surface area contributed by atoms with E-state index in [0.717, 1.165) is 25.7 Å². The summed E-state index contributed by atoms with van der Waals surface area (Å²) in [6.45, 7) is -0.238. The molecule has 1 rings (SSSR count). The molecule has 4 N–H and O–H groups in total. The minimum Gasteiger partial charge on any atom is -0.381 e. The Labute approximate surface area is 106 Å². The first-order chi connectivity index (χ1) is 8.52. The molecular weight excluding hydrogens is 234 g/mol. The molecular formula is C12H19N3O3. The number of hydrogen-bond acceptors (Lipinski definition) is 4. The van der Waals surface area contributed by atoms with Gasteiger partial charge in [0.25, 0.3) is 0 Å². The molecule has 0 heterocycles. The third-order valence-corrected chi connectivity index (χ3v) is 3.39. The highest BCUT2D eigenvalue weighted by Crippen LogP contribution is 2.34. The predicted molar refractivity (Wildman–Crippen MR) is 64.0 cm³/mol. The van der Waals surface area contributed by atoms with Gasteiger partial charge in [0.1, 0.15) is 11.5 Å². The van der Waals surface area contributed by atoms with Crippen LogP contribution < -0.4 is 11.1 Å². The lowest BCUT2D eigenvalue weighted by molar-refractivity contribution is -0.130. The van der Waals surface area contributed by atoms with Crippen molar-refractivity contribution in [1.29, 1.82) is 5.26 Å². The van der Waals surface area contributed by atoms with Gasteiger partial charge in [-0.05, 0) is 12.8 Å². The van der Waals surface area contributed by atoms with Gasteiger partial charge in [-0.3, -0.25) is 9.59 Å². The van der Waals surface area contributed by atoms with E-state index in [0.29, 0.717) is 12.8 Å². The van der Waals surface area contributed by atoms with Gasteiger partial charge in [-0.2, -0.15) is 5.26 Å². The van der Waals surface area contributed by atoms with Gasteiger partial charge in [-0.1, -0.05) is 25.7 Å². The molecule has 0 aromatic heterocycles. The van der Waals surface area contributed by atoms with Crippen molar-refractivity contribution in [2.45, 2.75) is 44.6 Å². The summed E-state index contributed by atoms with van der Waals surface area (Å²) in [6.07, 6.45) is 3.40. The smallest absolute Gasteiger partial charge is 0.248 e. The van der Waals surface area contributed by atoms with Crippen LogP contribution in [0.2, 0.25) is 0 Å². The molecule has 1 fully saturated rings. The Morgan fingerprint density at radius 2 is 1.89 bits per heavy atom. The Bertz CT molecular complexity index is 354. The van der Waals surface area contributed by atoms with Gasteiger partial charge in [0.15, 0.2) is 0 Å². The standard InChI is InChI=1S/C12H19N3O3/c13-8-12(5-3-1-2-4-6-12)11(18)15-7-9(16)10(14)17/h9,16H,1-7H2,(H2,14,17)(H,15,18). The number of nitrogens with zero attached hydrogens (tertiary/aromatic N) is 1. The van der Waals surface area contributed by atoms with Crippen LogP contribution in [-0.4, -0.2) is 29.6 Å².